The molecule has 0 unspecified atom stereocenters. The molecular formula is C11H9ClN2O3. The lowest BCUT2D eigenvalue weighted by Gasteiger charge is -2.01. The van der Waals surface area contributed by atoms with E-state index in [2.05, 4.69) is 10.2 Å². The zero-order valence-electron chi connectivity index (χ0n) is 8.90. The molecule has 1 aromatic carbocycles. The molecule has 88 valence electrons. The molecule has 2 rings (SSSR count). The Bertz CT molecular complexity index is 548. The molecule has 0 amide bonds. The van der Waals surface area contributed by atoms with Gasteiger partial charge in [-0.05, 0) is 24.3 Å². The first-order valence-electron chi connectivity index (χ1n) is 4.75. The lowest BCUT2D eigenvalue weighted by Crippen LogP contribution is -1.97. The summed E-state index contributed by atoms with van der Waals surface area (Å²) in [4.78, 5) is 11.0. The molecule has 0 aliphatic rings. The van der Waals surface area contributed by atoms with Gasteiger partial charge in [-0.2, -0.15) is 5.10 Å². The Balaban J connectivity index is 2.49. The van der Waals surface area contributed by atoms with E-state index in [0.29, 0.717) is 17.0 Å². The molecule has 5 nitrogen and oxygen atoms in total. The Morgan fingerprint density at radius 1 is 1.41 bits per heavy atom. The zero-order valence-corrected chi connectivity index (χ0v) is 9.65. The number of nitrogens with one attached hydrogen (secondary N) is 1. The van der Waals surface area contributed by atoms with Crippen LogP contribution in [0.2, 0.25) is 5.15 Å². The van der Waals surface area contributed by atoms with Crippen molar-refractivity contribution in [2.75, 3.05) is 7.11 Å². The predicted octanol–water partition coefficient (Wildman–Crippen LogP) is 2.44. The van der Waals surface area contributed by atoms with Crippen LogP contribution in [-0.4, -0.2) is 28.4 Å². The molecule has 0 spiro atoms. The molecule has 1 aromatic heterocycles. The van der Waals surface area contributed by atoms with Crippen LogP contribution in [0.25, 0.3) is 11.3 Å². The number of aromatic nitrogens is 2. The average molecular weight is 253 g/mol. The average Bonchev–Trinajstić information content (AvgIpc) is 2.71. The molecule has 6 heteroatoms. The van der Waals surface area contributed by atoms with Crippen molar-refractivity contribution in [3.05, 3.63) is 35.0 Å². The Morgan fingerprint density at radius 2 is 2.06 bits per heavy atom. The number of carboxylic acids is 1. The highest BCUT2D eigenvalue weighted by molar-refractivity contribution is 6.33. The van der Waals surface area contributed by atoms with E-state index in [-0.39, 0.29) is 10.7 Å². The van der Waals surface area contributed by atoms with Crippen molar-refractivity contribution in [1.82, 2.24) is 10.2 Å². The molecule has 0 saturated heterocycles. The van der Waals surface area contributed by atoms with Gasteiger partial charge < -0.3 is 9.84 Å². The first kappa shape index (κ1) is 11.5. The van der Waals surface area contributed by atoms with Gasteiger partial charge in [0.15, 0.2) is 0 Å². The molecule has 1 heterocycles. The summed E-state index contributed by atoms with van der Waals surface area (Å²) in [6.45, 7) is 0. The first-order valence-corrected chi connectivity index (χ1v) is 5.13. The van der Waals surface area contributed by atoms with Crippen molar-refractivity contribution in [2.24, 2.45) is 0 Å². The van der Waals surface area contributed by atoms with E-state index in [0.717, 1.165) is 0 Å². The van der Waals surface area contributed by atoms with Crippen LogP contribution in [0.15, 0.2) is 24.3 Å². The van der Waals surface area contributed by atoms with Gasteiger partial charge in [0.1, 0.15) is 22.2 Å². The van der Waals surface area contributed by atoms with Crippen molar-refractivity contribution < 1.29 is 14.6 Å². The van der Waals surface area contributed by atoms with Crippen molar-refractivity contribution in [3.63, 3.8) is 0 Å². The van der Waals surface area contributed by atoms with E-state index in [1.54, 1.807) is 31.4 Å². The van der Waals surface area contributed by atoms with Crippen LogP contribution in [0.3, 0.4) is 0 Å². The number of H-pyrrole nitrogens is 1. The van der Waals surface area contributed by atoms with Crippen LogP contribution in [0.1, 0.15) is 10.4 Å². The van der Waals surface area contributed by atoms with Gasteiger partial charge in [-0.25, -0.2) is 4.79 Å². The second-order valence-corrected chi connectivity index (χ2v) is 3.67. The number of carboxylic acid groups (broad SMARTS) is 1. The maximum atomic E-state index is 11.0. The minimum absolute atomic E-state index is 0.0170. The zero-order chi connectivity index (χ0) is 12.4. The first-order chi connectivity index (χ1) is 8.13. The van der Waals surface area contributed by atoms with E-state index >= 15 is 0 Å². The van der Waals surface area contributed by atoms with E-state index < -0.39 is 5.97 Å². The van der Waals surface area contributed by atoms with Crippen molar-refractivity contribution >= 4 is 17.6 Å². The molecule has 2 N–H and O–H groups in total. The molecular weight excluding hydrogens is 244 g/mol. The minimum Gasteiger partial charge on any atom is -0.497 e. The second kappa shape index (κ2) is 4.47. The van der Waals surface area contributed by atoms with E-state index in [1.807, 2.05) is 0 Å². The summed E-state index contributed by atoms with van der Waals surface area (Å²) in [5.41, 5.74) is 0.938. The molecule has 0 saturated carbocycles. The number of hydrogen-bond donors (Lipinski definition) is 2. The summed E-state index contributed by atoms with van der Waals surface area (Å²) in [6.07, 6.45) is 0. The Labute approximate surface area is 102 Å². The summed E-state index contributed by atoms with van der Waals surface area (Å²) in [7, 11) is 1.56. The summed E-state index contributed by atoms with van der Waals surface area (Å²) >= 11 is 5.72. The van der Waals surface area contributed by atoms with Crippen LogP contribution in [0, 0.1) is 0 Å². The summed E-state index contributed by atoms with van der Waals surface area (Å²) in [6, 6.07) is 6.89. The summed E-state index contributed by atoms with van der Waals surface area (Å²) in [5, 5.41) is 15.4. The highest BCUT2D eigenvalue weighted by Crippen LogP contribution is 2.27. The fourth-order valence-corrected chi connectivity index (χ4v) is 1.69. The van der Waals surface area contributed by atoms with Crippen molar-refractivity contribution in [2.45, 2.75) is 0 Å². The van der Waals surface area contributed by atoms with Crippen molar-refractivity contribution in [3.8, 4) is 17.0 Å². The van der Waals surface area contributed by atoms with Gasteiger partial charge in [0.25, 0.3) is 0 Å². The van der Waals surface area contributed by atoms with Gasteiger partial charge >= 0.3 is 5.97 Å². The van der Waals surface area contributed by atoms with Crippen molar-refractivity contribution in [1.29, 1.82) is 0 Å². The minimum atomic E-state index is -1.12. The number of aromatic carboxylic acids is 1. The second-order valence-electron chi connectivity index (χ2n) is 3.29. The van der Waals surface area contributed by atoms with Gasteiger partial charge in [-0.3, -0.25) is 5.10 Å². The molecule has 0 bridgehead atoms. The lowest BCUT2D eigenvalue weighted by molar-refractivity contribution is 0.0698. The molecule has 0 atom stereocenters. The number of nitrogens with zero attached hydrogens (tertiary/aromatic N) is 1. The van der Waals surface area contributed by atoms with Gasteiger partial charge in [-0.15, -0.1) is 0 Å². The van der Waals surface area contributed by atoms with Crippen LogP contribution < -0.4 is 4.74 Å². The number of aromatic amines is 1. The Kier molecular flexibility index (Phi) is 3.01. The van der Waals surface area contributed by atoms with Gasteiger partial charge in [0, 0.05) is 5.56 Å². The molecule has 0 aliphatic heterocycles. The van der Waals surface area contributed by atoms with Gasteiger partial charge in [0.05, 0.1) is 7.11 Å². The van der Waals surface area contributed by atoms with Crippen LogP contribution >= 0.6 is 11.6 Å². The molecule has 0 radical (unpaired) electrons. The molecule has 0 aliphatic carbocycles. The standard InChI is InChI=1S/C11H9ClN2O3/c1-17-7-4-2-6(3-5-7)9-8(11(15)16)10(12)14-13-9/h2-5H,1H3,(H,13,14)(H,15,16). The smallest absolute Gasteiger partial charge is 0.341 e. The lowest BCUT2D eigenvalue weighted by atomic mass is 10.1. The number of ether oxygens (including phenoxy) is 1. The van der Waals surface area contributed by atoms with Crippen LogP contribution in [-0.2, 0) is 0 Å². The number of rotatable bonds is 3. The summed E-state index contributed by atoms with van der Waals surface area (Å²) in [5.74, 6) is -0.429. The molecule has 17 heavy (non-hydrogen) atoms. The number of methoxy groups -OCH3 is 1. The fraction of sp³-hybridized carbons (Fsp3) is 0.0909. The molecule has 0 fully saturated rings. The van der Waals surface area contributed by atoms with Gasteiger partial charge in [-0.1, -0.05) is 11.6 Å². The highest BCUT2D eigenvalue weighted by atomic mass is 35.5. The van der Waals surface area contributed by atoms with Gasteiger partial charge in [0.2, 0.25) is 0 Å². The summed E-state index contributed by atoms with van der Waals surface area (Å²) < 4.78 is 5.02. The van der Waals surface area contributed by atoms with E-state index in [1.165, 1.54) is 0 Å². The third-order valence-corrected chi connectivity index (χ3v) is 2.57. The number of hydrogen-bond acceptors (Lipinski definition) is 3. The van der Waals surface area contributed by atoms with E-state index in [9.17, 15) is 4.79 Å². The van der Waals surface area contributed by atoms with Crippen LogP contribution in [0.5, 0.6) is 5.75 Å². The number of halogens is 1. The molecule has 2 aromatic rings. The van der Waals surface area contributed by atoms with E-state index in [4.69, 9.17) is 21.4 Å². The normalized spacial score (nSPS) is 10.2. The Hall–Kier alpha value is -2.01. The maximum Gasteiger partial charge on any atom is 0.341 e. The largest absolute Gasteiger partial charge is 0.497 e. The number of benzene rings is 1. The maximum absolute atomic E-state index is 11.0. The topological polar surface area (TPSA) is 75.2 Å². The Morgan fingerprint density at radius 3 is 2.59 bits per heavy atom. The fourth-order valence-electron chi connectivity index (χ4n) is 1.47. The quantitative estimate of drug-likeness (QED) is 0.880. The van der Waals surface area contributed by atoms with Crippen LogP contribution in [0.4, 0.5) is 0 Å². The third-order valence-electron chi connectivity index (χ3n) is 2.30. The SMILES string of the molecule is COc1ccc(-c2n[nH]c(Cl)c2C(=O)O)cc1. The monoisotopic (exact) mass is 252 g/mol. The number of carbonyl (C=O) groups is 1. The third kappa shape index (κ3) is 2.09. The predicted molar refractivity (Wildman–Crippen MR) is 62.5 cm³/mol. The highest BCUT2D eigenvalue weighted by Gasteiger charge is 2.19.